The van der Waals surface area contributed by atoms with Gasteiger partial charge in [-0.2, -0.15) is 0 Å². The number of nitrogens with one attached hydrogen (secondary N) is 2. The van der Waals surface area contributed by atoms with Crippen LogP contribution in [0.25, 0.3) is 0 Å². The average molecular weight is 383 g/mol. The molecule has 1 heterocycles. The molecule has 2 N–H and O–H groups in total. The highest BCUT2D eigenvalue weighted by atomic mass is 32.2. The Morgan fingerprint density at radius 1 is 1.00 bits per heavy atom. The van der Waals surface area contributed by atoms with Crippen molar-refractivity contribution in [2.45, 2.75) is 18.7 Å². The van der Waals surface area contributed by atoms with Crippen LogP contribution in [0.15, 0.2) is 65.7 Å². The Kier molecular flexibility index (Phi) is 5.32. The first-order valence-electron chi connectivity index (χ1n) is 8.35. The molecule has 0 radical (unpaired) electrons. The molecule has 0 aliphatic heterocycles. The zero-order chi connectivity index (χ0) is 19.4. The van der Waals surface area contributed by atoms with E-state index in [1.54, 1.807) is 50.4 Å². The van der Waals surface area contributed by atoms with Gasteiger partial charge in [-0.05, 0) is 55.3 Å². The molecule has 0 amide bonds. The number of rotatable bonds is 6. The number of hydrogen-bond donors (Lipinski definition) is 2. The van der Waals surface area contributed by atoms with Gasteiger partial charge in [-0.25, -0.2) is 13.4 Å². The van der Waals surface area contributed by atoms with Gasteiger partial charge in [0.2, 0.25) is 0 Å². The highest BCUT2D eigenvalue weighted by Crippen LogP contribution is 2.28. The Morgan fingerprint density at radius 3 is 2.44 bits per heavy atom. The van der Waals surface area contributed by atoms with Crippen molar-refractivity contribution in [2.24, 2.45) is 0 Å². The van der Waals surface area contributed by atoms with Crippen molar-refractivity contribution in [2.75, 3.05) is 17.1 Å². The number of nitrogens with zero attached hydrogens (tertiary/aromatic N) is 1. The number of aromatic nitrogens is 1. The maximum atomic E-state index is 12.5. The summed E-state index contributed by atoms with van der Waals surface area (Å²) in [6, 6.07) is 16.0. The van der Waals surface area contributed by atoms with E-state index in [0.717, 1.165) is 11.3 Å². The van der Waals surface area contributed by atoms with Gasteiger partial charge in [0, 0.05) is 0 Å². The van der Waals surface area contributed by atoms with E-state index in [-0.39, 0.29) is 4.90 Å². The normalized spacial score (nSPS) is 11.1. The van der Waals surface area contributed by atoms with E-state index >= 15 is 0 Å². The summed E-state index contributed by atoms with van der Waals surface area (Å²) in [5.74, 6) is 1.28. The van der Waals surface area contributed by atoms with Crippen LogP contribution in [-0.4, -0.2) is 20.5 Å². The topological polar surface area (TPSA) is 80.3 Å². The fourth-order valence-corrected chi connectivity index (χ4v) is 3.94. The summed E-state index contributed by atoms with van der Waals surface area (Å²) in [4.78, 5) is 4.53. The summed E-state index contributed by atoms with van der Waals surface area (Å²) in [6.07, 6.45) is 1.47. The van der Waals surface area contributed by atoms with Crippen LogP contribution in [-0.2, 0) is 10.0 Å². The van der Waals surface area contributed by atoms with Crippen molar-refractivity contribution in [1.82, 2.24) is 4.98 Å². The Bertz CT molecular complexity index is 1050. The zero-order valence-corrected chi connectivity index (χ0v) is 16.2. The number of sulfonamides is 1. The van der Waals surface area contributed by atoms with Crippen LogP contribution in [0.5, 0.6) is 5.75 Å². The number of aryl methyl sites for hydroxylation is 2. The summed E-state index contributed by atoms with van der Waals surface area (Å²) in [6.45, 7) is 3.75. The third kappa shape index (κ3) is 4.38. The lowest BCUT2D eigenvalue weighted by atomic mass is 10.2. The van der Waals surface area contributed by atoms with Crippen LogP contribution < -0.4 is 14.8 Å². The predicted molar refractivity (Wildman–Crippen MR) is 107 cm³/mol. The van der Waals surface area contributed by atoms with Gasteiger partial charge in [-0.1, -0.05) is 24.3 Å². The second kappa shape index (κ2) is 7.67. The minimum atomic E-state index is -3.66. The molecule has 3 aromatic rings. The third-order valence-corrected chi connectivity index (χ3v) is 5.56. The van der Waals surface area contributed by atoms with E-state index in [4.69, 9.17) is 4.74 Å². The van der Waals surface area contributed by atoms with Crippen LogP contribution in [0.3, 0.4) is 0 Å². The number of ether oxygens (including phenoxy) is 1. The molecule has 0 bridgehead atoms. The van der Waals surface area contributed by atoms with Gasteiger partial charge in [0.15, 0.2) is 0 Å². The van der Waals surface area contributed by atoms with Gasteiger partial charge in [-0.15, -0.1) is 0 Å². The summed E-state index contributed by atoms with van der Waals surface area (Å²) < 4.78 is 33.0. The van der Waals surface area contributed by atoms with Gasteiger partial charge < -0.3 is 10.1 Å². The Balaban J connectivity index is 1.78. The first-order chi connectivity index (χ1) is 12.9. The summed E-state index contributed by atoms with van der Waals surface area (Å²) in [5, 5.41) is 3.18. The quantitative estimate of drug-likeness (QED) is 0.665. The number of benzene rings is 2. The molecular formula is C20H21N3O3S. The largest absolute Gasteiger partial charge is 0.495 e. The lowest BCUT2D eigenvalue weighted by molar-refractivity contribution is 0.416. The molecule has 7 heteroatoms. The van der Waals surface area contributed by atoms with Gasteiger partial charge in [-0.3, -0.25) is 4.72 Å². The molecular weight excluding hydrogens is 362 g/mol. The van der Waals surface area contributed by atoms with Crippen LogP contribution in [0, 0.1) is 13.8 Å². The standard InChI is InChI=1S/C20H21N3O3S/c1-14-8-10-18(26-3)17(12-14)22-20-11-9-16(13-21-20)23-27(24,25)19-7-5-4-6-15(19)2/h4-13,23H,1-3H3,(H,21,22). The summed E-state index contributed by atoms with van der Waals surface area (Å²) in [5.41, 5.74) is 2.95. The predicted octanol–water partition coefficient (Wildman–Crippen LogP) is 4.25. The van der Waals surface area contributed by atoms with Gasteiger partial charge in [0.1, 0.15) is 11.6 Å². The molecule has 0 saturated heterocycles. The summed E-state index contributed by atoms with van der Waals surface area (Å²) in [7, 11) is -2.06. The van der Waals surface area contributed by atoms with Crippen molar-refractivity contribution in [3.05, 3.63) is 71.9 Å². The van der Waals surface area contributed by atoms with Gasteiger partial charge in [0.05, 0.1) is 29.6 Å². The molecule has 0 aliphatic carbocycles. The van der Waals surface area contributed by atoms with Crippen molar-refractivity contribution >= 4 is 27.2 Å². The van der Waals surface area contributed by atoms with Crippen LogP contribution in [0.4, 0.5) is 17.2 Å². The number of hydrogen-bond acceptors (Lipinski definition) is 5. The monoisotopic (exact) mass is 383 g/mol. The molecule has 0 saturated carbocycles. The Labute approximate surface area is 159 Å². The van der Waals surface area contributed by atoms with E-state index in [0.29, 0.717) is 22.8 Å². The van der Waals surface area contributed by atoms with Gasteiger partial charge in [0.25, 0.3) is 10.0 Å². The minimum Gasteiger partial charge on any atom is -0.495 e. The van der Waals surface area contributed by atoms with Crippen molar-refractivity contribution in [3.8, 4) is 5.75 Å². The second-order valence-electron chi connectivity index (χ2n) is 6.13. The number of methoxy groups -OCH3 is 1. The van der Waals surface area contributed by atoms with Crippen LogP contribution in [0.2, 0.25) is 0 Å². The van der Waals surface area contributed by atoms with Crippen LogP contribution >= 0.6 is 0 Å². The Hall–Kier alpha value is -3.06. The van der Waals surface area contributed by atoms with E-state index in [1.807, 2.05) is 25.1 Å². The highest BCUT2D eigenvalue weighted by Gasteiger charge is 2.16. The van der Waals surface area contributed by atoms with E-state index < -0.39 is 10.0 Å². The molecule has 140 valence electrons. The van der Waals surface area contributed by atoms with Gasteiger partial charge >= 0.3 is 0 Å². The molecule has 0 fully saturated rings. The zero-order valence-electron chi connectivity index (χ0n) is 15.4. The molecule has 2 aromatic carbocycles. The highest BCUT2D eigenvalue weighted by molar-refractivity contribution is 7.92. The molecule has 0 atom stereocenters. The lowest BCUT2D eigenvalue weighted by Crippen LogP contribution is -2.14. The maximum absolute atomic E-state index is 12.5. The molecule has 0 aliphatic rings. The first-order valence-corrected chi connectivity index (χ1v) is 9.83. The van der Waals surface area contributed by atoms with E-state index in [9.17, 15) is 8.42 Å². The molecule has 27 heavy (non-hydrogen) atoms. The Morgan fingerprint density at radius 2 is 1.78 bits per heavy atom. The molecule has 1 aromatic heterocycles. The minimum absolute atomic E-state index is 0.247. The fourth-order valence-electron chi connectivity index (χ4n) is 2.65. The molecule has 0 spiro atoms. The SMILES string of the molecule is COc1ccc(C)cc1Nc1ccc(NS(=O)(=O)c2ccccc2C)cn1. The van der Waals surface area contributed by atoms with Crippen molar-refractivity contribution < 1.29 is 13.2 Å². The van der Waals surface area contributed by atoms with Crippen molar-refractivity contribution in [1.29, 1.82) is 0 Å². The smallest absolute Gasteiger partial charge is 0.262 e. The number of anilines is 3. The summed E-state index contributed by atoms with van der Waals surface area (Å²) >= 11 is 0. The van der Waals surface area contributed by atoms with E-state index in [2.05, 4.69) is 15.0 Å². The van der Waals surface area contributed by atoms with Crippen molar-refractivity contribution in [3.63, 3.8) is 0 Å². The molecule has 0 unspecified atom stereocenters. The number of pyridine rings is 1. The maximum Gasteiger partial charge on any atom is 0.262 e. The first kappa shape index (κ1) is 18.7. The lowest BCUT2D eigenvalue weighted by Gasteiger charge is -2.13. The molecule has 3 rings (SSSR count). The second-order valence-corrected chi connectivity index (χ2v) is 7.78. The third-order valence-electron chi connectivity index (χ3n) is 4.02. The molecule has 6 nitrogen and oxygen atoms in total. The van der Waals surface area contributed by atoms with E-state index in [1.165, 1.54) is 6.20 Å². The fraction of sp³-hybridized carbons (Fsp3) is 0.150. The average Bonchev–Trinajstić information content (AvgIpc) is 2.63. The van der Waals surface area contributed by atoms with Crippen LogP contribution in [0.1, 0.15) is 11.1 Å².